The van der Waals surface area contributed by atoms with Crippen molar-refractivity contribution in [3.05, 3.63) is 84.7 Å². The van der Waals surface area contributed by atoms with E-state index in [9.17, 15) is 5.11 Å². The Hall–Kier alpha value is -4.47. The van der Waals surface area contributed by atoms with Gasteiger partial charge in [0.2, 0.25) is 5.82 Å². The number of aliphatic hydroxyl groups is 1. The van der Waals surface area contributed by atoms with Gasteiger partial charge in [-0.25, -0.2) is 4.98 Å². The Balaban J connectivity index is 1.42. The number of pyridine rings is 2. The van der Waals surface area contributed by atoms with Crippen molar-refractivity contribution in [2.24, 2.45) is 5.73 Å². The van der Waals surface area contributed by atoms with E-state index in [1.54, 1.807) is 0 Å². The van der Waals surface area contributed by atoms with Crippen LogP contribution in [0.2, 0.25) is 0 Å². The van der Waals surface area contributed by atoms with E-state index in [2.05, 4.69) is 67.8 Å². The fraction of sp³-hybridized carbons (Fsp3) is 0.179. The van der Waals surface area contributed by atoms with Crippen molar-refractivity contribution >= 4 is 16.7 Å². The van der Waals surface area contributed by atoms with E-state index in [1.807, 2.05) is 41.7 Å². The molecule has 7 rings (SSSR count). The minimum absolute atomic E-state index is 0.502. The highest BCUT2D eigenvalue weighted by molar-refractivity contribution is 5.91. The zero-order chi connectivity index (χ0) is 25.2. The lowest BCUT2D eigenvalue weighted by Crippen LogP contribution is -2.58. The van der Waals surface area contributed by atoms with Gasteiger partial charge >= 0.3 is 0 Å². The summed E-state index contributed by atoms with van der Waals surface area (Å²) in [5.74, 6) is 1.10. The lowest BCUT2D eigenvalue weighted by molar-refractivity contribution is -0.0738. The van der Waals surface area contributed by atoms with Crippen molar-refractivity contribution in [2.75, 3.05) is 0 Å². The van der Waals surface area contributed by atoms with E-state index in [0.717, 1.165) is 39.0 Å². The molecule has 6 aromatic rings. The summed E-state index contributed by atoms with van der Waals surface area (Å²) in [7, 11) is 0. The SMILES string of the molecule is C[C@]1(O)C[C@@](N)(c2ccc(-c3nc4ccc5nnc(-c6nnc[nH]6)n5c4cc3-c3ccccc3)cc2)C1. The average molecular weight is 489 g/mol. The molecule has 0 aliphatic heterocycles. The summed E-state index contributed by atoms with van der Waals surface area (Å²) in [6.07, 6.45) is 2.61. The molecule has 1 saturated carbocycles. The molecule has 2 aromatic carbocycles. The second kappa shape index (κ2) is 7.76. The minimum atomic E-state index is -0.703. The second-order valence-electron chi connectivity index (χ2n) is 10.1. The zero-order valence-electron chi connectivity index (χ0n) is 20.1. The summed E-state index contributed by atoms with van der Waals surface area (Å²) in [6.45, 7) is 1.83. The molecule has 182 valence electrons. The molecule has 4 N–H and O–H groups in total. The molecule has 0 radical (unpaired) electrons. The highest BCUT2D eigenvalue weighted by atomic mass is 16.3. The minimum Gasteiger partial charge on any atom is -0.390 e. The standard InChI is InChI=1S/C28H24N8O/c1-27(37)14-28(29,15-27)19-9-7-18(8-10-19)24-20(17-5-3-2-4-6-17)13-22-21(32-24)11-12-23-33-35-26(36(22)23)25-30-16-31-34-25/h2-13,16,37H,14-15,29H2,1H3,(H,30,31,34)/t27-,28-. The predicted octanol–water partition coefficient (Wildman–Crippen LogP) is 4.10. The van der Waals surface area contributed by atoms with Gasteiger partial charge in [-0.1, -0.05) is 54.6 Å². The molecule has 9 heteroatoms. The first kappa shape index (κ1) is 21.8. The molecule has 0 atom stereocenters. The summed E-state index contributed by atoms with van der Waals surface area (Å²) in [4.78, 5) is 8.15. The number of nitrogens with two attached hydrogens (primary N) is 1. The zero-order valence-corrected chi connectivity index (χ0v) is 20.1. The van der Waals surface area contributed by atoms with E-state index in [1.165, 1.54) is 6.33 Å². The van der Waals surface area contributed by atoms with Crippen LogP contribution in [0.1, 0.15) is 25.3 Å². The molecule has 9 nitrogen and oxygen atoms in total. The first-order valence-corrected chi connectivity index (χ1v) is 12.1. The normalized spacial score (nSPS) is 21.4. The number of rotatable bonds is 4. The van der Waals surface area contributed by atoms with Crippen molar-refractivity contribution in [1.82, 2.24) is 34.8 Å². The van der Waals surface area contributed by atoms with E-state index in [4.69, 9.17) is 10.7 Å². The third-order valence-electron chi connectivity index (χ3n) is 7.19. The van der Waals surface area contributed by atoms with Crippen molar-refractivity contribution in [3.63, 3.8) is 0 Å². The van der Waals surface area contributed by atoms with Gasteiger partial charge in [-0.05, 0) is 49.1 Å². The van der Waals surface area contributed by atoms with Gasteiger partial charge in [-0.2, -0.15) is 0 Å². The van der Waals surface area contributed by atoms with Gasteiger partial charge in [0, 0.05) is 16.7 Å². The third-order valence-corrected chi connectivity index (χ3v) is 7.19. The predicted molar refractivity (Wildman–Crippen MR) is 140 cm³/mol. The molecule has 0 unspecified atom stereocenters. The Morgan fingerprint density at radius 2 is 1.70 bits per heavy atom. The van der Waals surface area contributed by atoms with Crippen LogP contribution < -0.4 is 5.73 Å². The summed E-state index contributed by atoms with van der Waals surface area (Å²) < 4.78 is 1.95. The lowest BCUT2D eigenvalue weighted by atomic mass is 9.63. The average Bonchev–Trinajstić information content (AvgIpc) is 3.57. The maximum atomic E-state index is 10.2. The number of fused-ring (bicyclic) bond motifs is 3. The molecule has 37 heavy (non-hydrogen) atoms. The van der Waals surface area contributed by atoms with Gasteiger partial charge in [-0.3, -0.25) is 4.40 Å². The smallest absolute Gasteiger partial charge is 0.206 e. The topological polar surface area (TPSA) is 131 Å². The molecular weight excluding hydrogens is 464 g/mol. The highest BCUT2D eigenvalue weighted by Gasteiger charge is 2.49. The molecule has 1 aliphatic carbocycles. The van der Waals surface area contributed by atoms with Crippen molar-refractivity contribution in [1.29, 1.82) is 0 Å². The van der Waals surface area contributed by atoms with Crippen LogP contribution in [0.3, 0.4) is 0 Å². The van der Waals surface area contributed by atoms with Crippen LogP contribution in [0.4, 0.5) is 0 Å². The summed E-state index contributed by atoms with van der Waals surface area (Å²) in [5.41, 5.74) is 12.6. The van der Waals surface area contributed by atoms with Gasteiger partial charge in [0.25, 0.3) is 0 Å². The molecule has 1 aliphatic rings. The summed E-state index contributed by atoms with van der Waals surface area (Å²) >= 11 is 0. The van der Waals surface area contributed by atoms with Gasteiger partial charge < -0.3 is 15.8 Å². The number of nitrogens with one attached hydrogen (secondary N) is 1. The molecule has 0 spiro atoms. The number of H-pyrrole nitrogens is 1. The molecule has 4 aromatic heterocycles. The first-order valence-electron chi connectivity index (χ1n) is 12.1. The fourth-order valence-electron chi connectivity index (χ4n) is 5.61. The van der Waals surface area contributed by atoms with Crippen molar-refractivity contribution in [3.8, 4) is 34.0 Å². The molecule has 0 amide bonds. The van der Waals surface area contributed by atoms with Crippen LogP contribution in [-0.2, 0) is 5.54 Å². The van der Waals surface area contributed by atoms with E-state index in [0.29, 0.717) is 30.1 Å². The van der Waals surface area contributed by atoms with Crippen molar-refractivity contribution in [2.45, 2.75) is 30.9 Å². The Morgan fingerprint density at radius 3 is 2.41 bits per heavy atom. The number of hydrogen-bond acceptors (Lipinski definition) is 7. The largest absolute Gasteiger partial charge is 0.390 e. The van der Waals surface area contributed by atoms with Crippen LogP contribution in [0.25, 0.3) is 50.7 Å². The quantitative estimate of drug-likeness (QED) is 0.340. The number of aromatic nitrogens is 7. The van der Waals surface area contributed by atoms with Crippen LogP contribution in [-0.4, -0.2) is 45.5 Å². The third kappa shape index (κ3) is 3.51. The Bertz CT molecular complexity index is 1750. The van der Waals surface area contributed by atoms with E-state index in [-0.39, 0.29) is 0 Å². The number of hydrogen-bond donors (Lipinski definition) is 3. The lowest BCUT2D eigenvalue weighted by Gasteiger charge is -2.49. The van der Waals surface area contributed by atoms with Crippen LogP contribution in [0.15, 0.2) is 79.1 Å². The molecule has 1 fully saturated rings. The van der Waals surface area contributed by atoms with Gasteiger partial charge in [0.1, 0.15) is 6.33 Å². The number of nitrogens with zero attached hydrogens (tertiary/aromatic N) is 6. The molecule has 4 heterocycles. The van der Waals surface area contributed by atoms with Crippen LogP contribution in [0.5, 0.6) is 0 Å². The summed E-state index contributed by atoms with van der Waals surface area (Å²) in [5, 5.41) is 27.0. The molecule has 0 saturated heterocycles. The van der Waals surface area contributed by atoms with E-state index < -0.39 is 11.1 Å². The number of aromatic amines is 1. The summed E-state index contributed by atoms with van der Waals surface area (Å²) in [6, 6.07) is 24.4. The maximum Gasteiger partial charge on any atom is 0.206 e. The first-order chi connectivity index (χ1) is 17.9. The van der Waals surface area contributed by atoms with Crippen LogP contribution in [0, 0.1) is 0 Å². The highest BCUT2D eigenvalue weighted by Crippen LogP contribution is 2.46. The van der Waals surface area contributed by atoms with Gasteiger partial charge in [-0.15, -0.1) is 20.4 Å². The Labute approximate surface area is 212 Å². The molecular formula is C28H24N8O. The van der Waals surface area contributed by atoms with E-state index >= 15 is 0 Å². The van der Waals surface area contributed by atoms with Gasteiger partial charge in [0.15, 0.2) is 11.5 Å². The monoisotopic (exact) mass is 488 g/mol. The van der Waals surface area contributed by atoms with Gasteiger partial charge in [0.05, 0.1) is 22.3 Å². The Kier molecular flexibility index (Phi) is 4.57. The fourth-order valence-corrected chi connectivity index (χ4v) is 5.61. The number of benzene rings is 2. The van der Waals surface area contributed by atoms with Crippen LogP contribution >= 0.6 is 0 Å². The molecule has 0 bridgehead atoms. The maximum absolute atomic E-state index is 10.2. The van der Waals surface area contributed by atoms with Crippen molar-refractivity contribution < 1.29 is 5.11 Å². The second-order valence-corrected chi connectivity index (χ2v) is 10.1. The Morgan fingerprint density at radius 1 is 0.919 bits per heavy atom.